The van der Waals surface area contributed by atoms with Crippen LogP contribution in [0.2, 0.25) is 0 Å². The molecule has 0 unspecified atom stereocenters. The minimum atomic E-state index is -0.670. The summed E-state index contributed by atoms with van der Waals surface area (Å²) in [5, 5.41) is 18.5. The monoisotopic (exact) mass is 398 g/mol. The molecule has 4 rings (SSSR count). The number of aryl methyl sites for hydroxylation is 1. The third kappa shape index (κ3) is 3.72. The van der Waals surface area contributed by atoms with Crippen LogP contribution in [-0.2, 0) is 0 Å². The maximum atomic E-state index is 11.6. The SMILES string of the molecule is Cc1ccsc1C=Nn1c(-c2ccc(O)c(C(N)=O)c2)csc1=NC1CC1. The van der Waals surface area contributed by atoms with E-state index < -0.39 is 5.91 Å². The molecular formula is C19H18N4O2S2. The Kier molecular flexibility index (Phi) is 4.67. The molecule has 1 aliphatic rings. The average Bonchev–Trinajstić information content (AvgIpc) is 3.23. The van der Waals surface area contributed by atoms with Crippen LogP contribution in [0.1, 0.15) is 33.6 Å². The molecule has 138 valence electrons. The lowest BCUT2D eigenvalue weighted by Gasteiger charge is -2.06. The van der Waals surface area contributed by atoms with E-state index in [1.54, 1.807) is 28.1 Å². The molecule has 1 fully saturated rings. The zero-order chi connectivity index (χ0) is 19.0. The standard InChI is InChI=1S/C19H18N4O2S2/c1-11-6-7-26-17(11)9-21-23-15(10-27-19(23)22-13-3-4-13)12-2-5-16(24)14(8-12)18(20)25/h2,5-10,13,24H,3-4H2,1H3,(H2,20,25). The summed E-state index contributed by atoms with van der Waals surface area (Å²) in [4.78, 5) is 18.2. The number of primary amides is 1. The Morgan fingerprint density at radius 2 is 2.15 bits per heavy atom. The van der Waals surface area contributed by atoms with Crippen LogP contribution in [0.25, 0.3) is 11.3 Å². The maximum Gasteiger partial charge on any atom is 0.252 e. The summed E-state index contributed by atoms with van der Waals surface area (Å²) in [5.41, 5.74) is 8.17. The van der Waals surface area contributed by atoms with Gasteiger partial charge in [-0.15, -0.1) is 22.7 Å². The molecule has 1 aliphatic carbocycles. The number of nitrogens with two attached hydrogens (primary N) is 1. The second-order valence-corrected chi connectivity index (χ2v) is 8.17. The van der Waals surface area contributed by atoms with Gasteiger partial charge in [-0.25, -0.2) is 4.68 Å². The van der Waals surface area contributed by atoms with E-state index in [4.69, 9.17) is 10.7 Å². The summed E-state index contributed by atoms with van der Waals surface area (Å²) in [6.45, 7) is 2.05. The van der Waals surface area contributed by atoms with Gasteiger partial charge in [-0.1, -0.05) is 0 Å². The van der Waals surface area contributed by atoms with Crippen molar-refractivity contribution in [3.63, 3.8) is 0 Å². The number of carbonyl (C=O) groups excluding carboxylic acids is 1. The quantitative estimate of drug-likeness (QED) is 0.645. The lowest BCUT2D eigenvalue weighted by molar-refractivity contribution is 0.0998. The number of thiazole rings is 1. The van der Waals surface area contributed by atoms with Crippen molar-refractivity contribution >= 4 is 34.8 Å². The third-order valence-corrected chi connectivity index (χ3v) is 6.06. The van der Waals surface area contributed by atoms with Gasteiger partial charge in [0.15, 0.2) is 0 Å². The number of phenols is 1. The first-order valence-electron chi connectivity index (χ1n) is 8.49. The van der Waals surface area contributed by atoms with Crippen molar-refractivity contribution < 1.29 is 9.90 Å². The lowest BCUT2D eigenvalue weighted by Crippen LogP contribution is -2.14. The first-order valence-corrected chi connectivity index (χ1v) is 10.2. The molecule has 6 nitrogen and oxygen atoms in total. The van der Waals surface area contributed by atoms with E-state index in [9.17, 15) is 9.90 Å². The van der Waals surface area contributed by atoms with E-state index in [0.717, 1.165) is 33.8 Å². The van der Waals surface area contributed by atoms with E-state index in [0.29, 0.717) is 6.04 Å². The molecule has 0 saturated heterocycles. The molecule has 0 spiro atoms. The van der Waals surface area contributed by atoms with Gasteiger partial charge in [0.1, 0.15) is 5.75 Å². The fourth-order valence-electron chi connectivity index (χ4n) is 2.58. The van der Waals surface area contributed by atoms with Crippen LogP contribution in [0, 0.1) is 6.92 Å². The molecule has 1 amide bonds. The van der Waals surface area contributed by atoms with Gasteiger partial charge in [0.2, 0.25) is 4.80 Å². The summed E-state index contributed by atoms with van der Waals surface area (Å²) >= 11 is 3.14. The van der Waals surface area contributed by atoms with E-state index in [1.807, 2.05) is 23.9 Å². The van der Waals surface area contributed by atoms with Crippen LogP contribution >= 0.6 is 22.7 Å². The zero-order valence-corrected chi connectivity index (χ0v) is 16.3. The van der Waals surface area contributed by atoms with Crippen molar-refractivity contribution in [2.75, 3.05) is 0 Å². The second-order valence-electron chi connectivity index (χ2n) is 6.38. The van der Waals surface area contributed by atoms with E-state index in [-0.39, 0.29) is 11.3 Å². The first kappa shape index (κ1) is 17.7. The van der Waals surface area contributed by atoms with Gasteiger partial charge in [-0.2, -0.15) is 5.10 Å². The Labute approximate surface area is 163 Å². The predicted molar refractivity (Wildman–Crippen MR) is 109 cm³/mol. The molecule has 8 heteroatoms. The molecule has 0 aliphatic heterocycles. The van der Waals surface area contributed by atoms with Crippen LogP contribution in [0.4, 0.5) is 0 Å². The molecule has 1 aromatic carbocycles. The topological polar surface area (TPSA) is 93.0 Å². The molecular weight excluding hydrogens is 380 g/mol. The smallest absolute Gasteiger partial charge is 0.252 e. The first-order chi connectivity index (χ1) is 13.0. The minimum Gasteiger partial charge on any atom is -0.507 e. The number of rotatable bonds is 5. The van der Waals surface area contributed by atoms with E-state index in [2.05, 4.69) is 11.2 Å². The van der Waals surface area contributed by atoms with Crippen molar-refractivity contribution in [1.82, 2.24) is 4.68 Å². The Hall–Kier alpha value is -2.71. The number of aromatic hydroxyl groups is 1. The number of hydrogen-bond donors (Lipinski definition) is 2. The number of carbonyl (C=O) groups is 1. The van der Waals surface area contributed by atoms with Crippen molar-refractivity contribution in [2.24, 2.45) is 15.8 Å². The van der Waals surface area contributed by atoms with Crippen LogP contribution in [-0.4, -0.2) is 27.9 Å². The molecule has 1 saturated carbocycles. The van der Waals surface area contributed by atoms with Crippen molar-refractivity contribution in [3.8, 4) is 17.0 Å². The second kappa shape index (κ2) is 7.13. The summed E-state index contributed by atoms with van der Waals surface area (Å²) in [7, 11) is 0. The summed E-state index contributed by atoms with van der Waals surface area (Å²) in [6.07, 6.45) is 4.04. The molecule has 0 radical (unpaired) electrons. The third-order valence-electron chi connectivity index (χ3n) is 4.28. The molecule has 3 aromatic rings. The molecule has 3 N–H and O–H groups in total. The Morgan fingerprint density at radius 1 is 1.33 bits per heavy atom. The van der Waals surface area contributed by atoms with Gasteiger partial charge < -0.3 is 10.8 Å². The van der Waals surface area contributed by atoms with Gasteiger partial charge in [-0.05, 0) is 55.0 Å². The van der Waals surface area contributed by atoms with Gasteiger partial charge in [0.05, 0.1) is 28.4 Å². The molecule has 0 bridgehead atoms. The molecule has 2 heterocycles. The van der Waals surface area contributed by atoms with Crippen molar-refractivity contribution in [2.45, 2.75) is 25.8 Å². The maximum absolute atomic E-state index is 11.6. The summed E-state index contributed by atoms with van der Waals surface area (Å²) < 4.78 is 1.79. The fourth-order valence-corrected chi connectivity index (χ4v) is 4.27. The zero-order valence-electron chi connectivity index (χ0n) is 14.6. The van der Waals surface area contributed by atoms with Gasteiger partial charge >= 0.3 is 0 Å². The lowest BCUT2D eigenvalue weighted by atomic mass is 10.1. The highest BCUT2D eigenvalue weighted by molar-refractivity contribution is 7.11. The van der Waals surface area contributed by atoms with Crippen LogP contribution in [0.15, 0.2) is 45.1 Å². The van der Waals surface area contributed by atoms with Crippen molar-refractivity contribution in [1.29, 1.82) is 0 Å². The van der Waals surface area contributed by atoms with Gasteiger partial charge in [0.25, 0.3) is 5.91 Å². The van der Waals surface area contributed by atoms with Gasteiger partial charge in [0, 0.05) is 10.9 Å². The highest BCUT2D eigenvalue weighted by Crippen LogP contribution is 2.27. The average molecular weight is 399 g/mol. The summed E-state index contributed by atoms with van der Waals surface area (Å²) in [6, 6.07) is 7.22. The normalized spacial score (nSPS) is 14.9. The van der Waals surface area contributed by atoms with E-state index >= 15 is 0 Å². The van der Waals surface area contributed by atoms with E-state index in [1.165, 1.54) is 23.0 Å². The largest absolute Gasteiger partial charge is 0.507 e. The highest BCUT2D eigenvalue weighted by atomic mass is 32.1. The number of thiophene rings is 1. The highest BCUT2D eigenvalue weighted by Gasteiger charge is 2.21. The summed E-state index contributed by atoms with van der Waals surface area (Å²) in [5.74, 6) is -0.801. The molecule has 27 heavy (non-hydrogen) atoms. The number of nitrogens with zero attached hydrogens (tertiary/aromatic N) is 3. The van der Waals surface area contributed by atoms with Gasteiger partial charge in [-0.3, -0.25) is 9.79 Å². The Balaban J connectivity index is 1.83. The minimum absolute atomic E-state index is 0.0870. The molecule has 0 atom stereocenters. The van der Waals surface area contributed by atoms with Crippen LogP contribution in [0.5, 0.6) is 5.75 Å². The Morgan fingerprint density at radius 3 is 2.81 bits per heavy atom. The number of aromatic nitrogens is 1. The van der Waals surface area contributed by atoms with Crippen LogP contribution < -0.4 is 10.5 Å². The van der Waals surface area contributed by atoms with Crippen LogP contribution in [0.3, 0.4) is 0 Å². The number of amides is 1. The number of hydrogen-bond acceptors (Lipinski definition) is 6. The number of benzene rings is 1. The molecule has 2 aromatic heterocycles. The fraction of sp³-hybridized carbons (Fsp3) is 0.211. The Bertz CT molecular complexity index is 1100. The predicted octanol–water partition coefficient (Wildman–Crippen LogP) is 3.34. The van der Waals surface area contributed by atoms with Crippen molar-refractivity contribution in [3.05, 3.63) is 55.8 Å².